The largest absolute Gasteiger partial charge is 0.322 e. The maximum atomic E-state index is 12.3. The first-order valence-corrected chi connectivity index (χ1v) is 8.15. The molecule has 23 heavy (non-hydrogen) atoms. The molecule has 0 atom stereocenters. The van der Waals surface area contributed by atoms with Crippen LogP contribution in [0.25, 0.3) is 0 Å². The Morgan fingerprint density at radius 3 is 2.52 bits per heavy atom. The van der Waals surface area contributed by atoms with E-state index in [1.54, 1.807) is 36.0 Å². The van der Waals surface area contributed by atoms with E-state index in [0.29, 0.717) is 22.4 Å². The Labute approximate surface area is 137 Å². The molecule has 3 rings (SSSR count). The summed E-state index contributed by atoms with van der Waals surface area (Å²) in [5.41, 5.74) is 1.70. The van der Waals surface area contributed by atoms with Crippen molar-refractivity contribution in [2.24, 2.45) is 0 Å². The molecule has 2 aromatic carbocycles. The Bertz CT molecular complexity index is 832. The van der Waals surface area contributed by atoms with E-state index < -0.39 is 0 Å². The van der Waals surface area contributed by atoms with Crippen molar-refractivity contribution < 1.29 is 14.4 Å². The molecule has 1 heterocycles. The third-order valence-corrected chi connectivity index (χ3v) is 4.40. The molecule has 0 saturated heterocycles. The highest BCUT2D eigenvalue weighted by molar-refractivity contribution is 7.98. The topological polar surface area (TPSA) is 66.5 Å². The average Bonchev–Trinajstić information content (AvgIpc) is 2.79. The lowest BCUT2D eigenvalue weighted by molar-refractivity contribution is 0.0692. The molecular weight excluding hydrogens is 312 g/mol. The number of nitrogens with zero attached hydrogens (tertiary/aromatic N) is 1. The second kappa shape index (κ2) is 5.89. The number of nitrogens with one attached hydrogen (secondary N) is 1. The summed E-state index contributed by atoms with van der Waals surface area (Å²) in [6.07, 6.45) is 1.94. The van der Waals surface area contributed by atoms with Crippen molar-refractivity contribution in [3.8, 4) is 0 Å². The van der Waals surface area contributed by atoms with Crippen LogP contribution in [0.3, 0.4) is 0 Å². The highest BCUT2D eigenvalue weighted by atomic mass is 32.2. The Balaban J connectivity index is 1.86. The van der Waals surface area contributed by atoms with Crippen LogP contribution in [0.5, 0.6) is 0 Å². The van der Waals surface area contributed by atoms with Gasteiger partial charge < -0.3 is 5.32 Å². The van der Waals surface area contributed by atoms with E-state index in [-0.39, 0.29) is 17.7 Å². The number of hydrogen-bond acceptors (Lipinski definition) is 4. The van der Waals surface area contributed by atoms with E-state index in [1.807, 2.05) is 18.4 Å². The van der Waals surface area contributed by atoms with E-state index in [9.17, 15) is 14.4 Å². The molecule has 1 aliphatic rings. The first kappa shape index (κ1) is 15.3. The van der Waals surface area contributed by atoms with Gasteiger partial charge in [0.2, 0.25) is 0 Å². The number of carbonyl (C=O) groups excluding carboxylic acids is 3. The van der Waals surface area contributed by atoms with Gasteiger partial charge in [0.15, 0.2) is 0 Å². The lowest BCUT2D eigenvalue weighted by atomic mass is 10.1. The first-order valence-electron chi connectivity index (χ1n) is 6.93. The van der Waals surface area contributed by atoms with E-state index >= 15 is 0 Å². The third kappa shape index (κ3) is 2.73. The number of fused-ring (bicyclic) bond motifs is 1. The Hall–Kier alpha value is -2.60. The number of anilines is 1. The predicted molar refractivity (Wildman–Crippen MR) is 89.0 cm³/mol. The summed E-state index contributed by atoms with van der Waals surface area (Å²) in [7, 11) is 1.44. The fraction of sp³-hybridized carbons (Fsp3) is 0.118. The minimum absolute atomic E-state index is 0.258. The van der Waals surface area contributed by atoms with Crippen LogP contribution in [0, 0.1) is 0 Å². The zero-order valence-electron chi connectivity index (χ0n) is 12.6. The van der Waals surface area contributed by atoms with E-state index in [2.05, 4.69) is 5.32 Å². The summed E-state index contributed by atoms with van der Waals surface area (Å²) in [6.45, 7) is 0. The summed E-state index contributed by atoms with van der Waals surface area (Å²) >= 11 is 1.56. The standard InChI is InChI=1S/C17H14N2O3S/c1-19-16(21)13-7-6-11(9-14(13)17(19)22)18-15(20)10-4-3-5-12(8-10)23-2/h3-9H,1-2H3,(H,18,20). The fourth-order valence-electron chi connectivity index (χ4n) is 2.41. The minimum Gasteiger partial charge on any atom is -0.322 e. The van der Waals surface area contributed by atoms with E-state index in [1.165, 1.54) is 13.1 Å². The Kier molecular flexibility index (Phi) is 3.92. The summed E-state index contributed by atoms with van der Waals surface area (Å²) in [5, 5.41) is 2.76. The molecule has 0 aromatic heterocycles. The number of rotatable bonds is 3. The van der Waals surface area contributed by atoms with Crippen molar-refractivity contribution in [2.45, 2.75) is 4.90 Å². The van der Waals surface area contributed by atoms with E-state index in [4.69, 9.17) is 0 Å². The quantitative estimate of drug-likeness (QED) is 0.696. The lowest BCUT2D eigenvalue weighted by Gasteiger charge is -2.07. The smallest absolute Gasteiger partial charge is 0.261 e. The SMILES string of the molecule is CSc1cccc(C(=O)Nc2ccc3c(c2)C(=O)N(C)C3=O)c1. The van der Waals surface area contributed by atoms with Crippen molar-refractivity contribution in [3.05, 3.63) is 59.2 Å². The van der Waals surface area contributed by atoms with Crippen LogP contribution in [0.2, 0.25) is 0 Å². The molecule has 5 nitrogen and oxygen atoms in total. The number of carbonyl (C=O) groups is 3. The van der Waals surface area contributed by atoms with Crippen molar-refractivity contribution >= 4 is 35.2 Å². The van der Waals surface area contributed by atoms with Gasteiger partial charge in [0.1, 0.15) is 0 Å². The van der Waals surface area contributed by atoms with E-state index in [0.717, 1.165) is 9.80 Å². The summed E-state index contributed by atoms with van der Waals surface area (Å²) < 4.78 is 0. The monoisotopic (exact) mass is 326 g/mol. The zero-order valence-corrected chi connectivity index (χ0v) is 13.4. The van der Waals surface area contributed by atoms with Crippen LogP contribution in [-0.2, 0) is 0 Å². The molecule has 0 unspecified atom stereocenters. The van der Waals surface area contributed by atoms with Crippen LogP contribution in [0.1, 0.15) is 31.1 Å². The van der Waals surface area contributed by atoms with Gasteiger partial charge in [-0.2, -0.15) is 0 Å². The third-order valence-electron chi connectivity index (χ3n) is 3.68. The fourth-order valence-corrected chi connectivity index (χ4v) is 2.87. The van der Waals surface area contributed by atoms with Gasteiger partial charge in [0.05, 0.1) is 11.1 Å². The molecule has 1 N–H and O–H groups in total. The minimum atomic E-state index is -0.356. The highest BCUT2D eigenvalue weighted by Crippen LogP contribution is 2.25. The number of amides is 3. The van der Waals surface area contributed by atoms with Crippen molar-refractivity contribution in [2.75, 3.05) is 18.6 Å². The highest BCUT2D eigenvalue weighted by Gasteiger charge is 2.32. The van der Waals surface area contributed by atoms with Gasteiger partial charge in [0, 0.05) is 23.2 Å². The van der Waals surface area contributed by atoms with Gasteiger partial charge in [-0.25, -0.2) is 0 Å². The van der Waals surface area contributed by atoms with Crippen LogP contribution in [0.15, 0.2) is 47.4 Å². The summed E-state index contributed by atoms with van der Waals surface area (Å²) in [6, 6.07) is 12.0. The number of thioether (sulfide) groups is 1. The first-order chi connectivity index (χ1) is 11.0. The van der Waals surface area contributed by atoms with Gasteiger partial charge in [0.25, 0.3) is 17.7 Å². The maximum Gasteiger partial charge on any atom is 0.261 e. The summed E-state index contributed by atoms with van der Waals surface area (Å²) in [5.74, 6) is -0.938. The number of benzene rings is 2. The molecule has 0 saturated carbocycles. The molecule has 0 fully saturated rings. The molecule has 2 aromatic rings. The van der Waals surface area contributed by atoms with Crippen LogP contribution < -0.4 is 5.32 Å². The van der Waals surface area contributed by atoms with Gasteiger partial charge in [-0.05, 0) is 42.7 Å². The number of hydrogen-bond donors (Lipinski definition) is 1. The molecule has 6 heteroatoms. The normalized spacial score (nSPS) is 13.2. The lowest BCUT2D eigenvalue weighted by Crippen LogP contribution is -2.24. The van der Waals surface area contributed by atoms with Crippen LogP contribution in [0.4, 0.5) is 5.69 Å². The number of imide groups is 1. The molecule has 116 valence electrons. The molecule has 0 bridgehead atoms. The molecule has 0 radical (unpaired) electrons. The molecule has 3 amide bonds. The van der Waals surface area contributed by atoms with Crippen LogP contribution >= 0.6 is 11.8 Å². The molecule has 1 aliphatic heterocycles. The van der Waals surface area contributed by atoms with Crippen molar-refractivity contribution in [3.63, 3.8) is 0 Å². The maximum absolute atomic E-state index is 12.3. The van der Waals surface area contributed by atoms with Crippen LogP contribution in [-0.4, -0.2) is 35.9 Å². The second-order valence-electron chi connectivity index (χ2n) is 5.12. The second-order valence-corrected chi connectivity index (χ2v) is 6.00. The summed E-state index contributed by atoms with van der Waals surface area (Å²) in [4.78, 5) is 38.2. The molecule has 0 spiro atoms. The predicted octanol–water partition coefficient (Wildman–Crippen LogP) is 2.89. The van der Waals surface area contributed by atoms with Crippen molar-refractivity contribution in [1.82, 2.24) is 4.90 Å². The molecular formula is C17H14N2O3S. The van der Waals surface area contributed by atoms with Gasteiger partial charge in [-0.15, -0.1) is 11.8 Å². The Morgan fingerprint density at radius 2 is 1.78 bits per heavy atom. The van der Waals surface area contributed by atoms with Gasteiger partial charge in [-0.1, -0.05) is 6.07 Å². The van der Waals surface area contributed by atoms with Gasteiger partial charge >= 0.3 is 0 Å². The van der Waals surface area contributed by atoms with Crippen molar-refractivity contribution in [1.29, 1.82) is 0 Å². The van der Waals surface area contributed by atoms with Gasteiger partial charge in [-0.3, -0.25) is 19.3 Å². The average molecular weight is 326 g/mol. The molecule has 0 aliphatic carbocycles. The zero-order chi connectivity index (χ0) is 16.6. The Morgan fingerprint density at radius 1 is 1.04 bits per heavy atom.